The average molecular weight is 270 g/mol. The Kier molecular flexibility index (Phi) is 5.81. The minimum atomic E-state index is -0.841. The lowest BCUT2D eigenvalue weighted by molar-refractivity contribution is -0.146. The second kappa shape index (κ2) is 6.91. The smallest absolute Gasteiger partial charge is 0.397 e. The largest absolute Gasteiger partial charge is 0.458 e. The van der Waals surface area contributed by atoms with Crippen LogP contribution in [0, 0.1) is 0 Å². The summed E-state index contributed by atoms with van der Waals surface area (Å²) < 4.78 is 11.2. The molecule has 0 spiro atoms. The van der Waals surface area contributed by atoms with Gasteiger partial charge in [-0.05, 0) is 6.32 Å². The van der Waals surface area contributed by atoms with Crippen LogP contribution in [0.4, 0.5) is 0 Å². The molecule has 0 aliphatic carbocycles. The predicted octanol–water partition coefficient (Wildman–Crippen LogP) is 0.235. The molecule has 0 saturated carbocycles. The molecular formula is C12H23BN2O4. The normalized spacial score (nSPS) is 22.5. The zero-order valence-electron chi connectivity index (χ0n) is 12.4. The van der Waals surface area contributed by atoms with Crippen molar-refractivity contribution in [1.82, 2.24) is 9.80 Å². The maximum Gasteiger partial charge on any atom is 0.458 e. The van der Waals surface area contributed by atoms with Crippen LogP contribution < -0.4 is 0 Å². The fourth-order valence-corrected chi connectivity index (χ4v) is 1.89. The molecule has 1 aliphatic heterocycles. The summed E-state index contributed by atoms with van der Waals surface area (Å²) >= 11 is 0. The van der Waals surface area contributed by atoms with E-state index in [-0.39, 0.29) is 11.8 Å². The first-order valence-electron chi connectivity index (χ1n) is 6.61. The van der Waals surface area contributed by atoms with Crippen molar-refractivity contribution in [2.24, 2.45) is 0 Å². The molecule has 108 valence electrons. The average Bonchev–Trinajstić information content (AvgIpc) is 2.77. The highest BCUT2D eigenvalue weighted by molar-refractivity contribution is 6.46. The summed E-state index contributed by atoms with van der Waals surface area (Å²) in [5, 5.41) is 0. The van der Waals surface area contributed by atoms with Crippen LogP contribution in [0.3, 0.4) is 0 Å². The third-order valence-electron chi connectivity index (χ3n) is 3.03. The first-order chi connectivity index (χ1) is 8.88. The van der Waals surface area contributed by atoms with E-state index in [9.17, 15) is 9.59 Å². The molecule has 0 radical (unpaired) electrons. The van der Waals surface area contributed by atoms with Crippen LogP contribution in [0.2, 0.25) is 6.32 Å². The van der Waals surface area contributed by atoms with Gasteiger partial charge in [-0.1, -0.05) is 19.8 Å². The summed E-state index contributed by atoms with van der Waals surface area (Å²) in [5.41, 5.74) is 0. The molecule has 2 amide bonds. The monoisotopic (exact) mass is 270 g/mol. The number of unbranched alkanes of at least 4 members (excludes halogenated alkanes) is 1. The van der Waals surface area contributed by atoms with E-state index in [0.29, 0.717) is 6.32 Å². The Bertz CT molecular complexity index is 308. The van der Waals surface area contributed by atoms with Gasteiger partial charge >= 0.3 is 7.12 Å². The Labute approximate surface area is 115 Å². The summed E-state index contributed by atoms with van der Waals surface area (Å²) in [7, 11) is 6.09. The van der Waals surface area contributed by atoms with Crippen LogP contribution >= 0.6 is 0 Å². The highest BCUT2D eigenvalue weighted by Gasteiger charge is 2.47. The van der Waals surface area contributed by atoms with Gasteiger partial charge in [-0.15, -0.1) is 0 Å². The molecule has 0 unspecified atom stereocenters. The highest BCUT2D eigenvalue weighted by atomic mass is 16.7. The third-order valence-corrected chi connectivity index (χ3v) is 3.03. The number of rotatable bonds is 5. The zero-order chi connectivity index (χ0) is 14.6. The van der Waals surface area contributed by atoms with E-state index < -0.39 is 19.3 Å². The minimum Gasteiger partial charge on any atom is -0.397 e. The third kappa shape index (κ3) is 3.94. The van der Waals surface area contributed by atoms with E-state index in [2.05, 4.69) is 6.92 Å². The predicted molar refractivity (Wildman–Crippen MR) is 72.6 cm³/mol. The van der Waals surface area contributed by atoms with Gasteiger partial charge in [0.1, 0.15) is 0 Å². The highest BCUT2D eigenvalue weighted by Crippen LogP contribution is 2.23. The van der Waals surface area contributed by atoms with Gasteiger partial charge in [-0.25, -0.2) is 0 Å². The molecule has 1 saturated heterocycles. The van der Waals surface area contributed by atoms with Crippen molar-refractivity contribution in [3.63, 3.8) is 0 Å². The van der Waals surface area contributed by atoms with Crippen LogP contribution in [-0.2, 0) is 18.9 Å². The number of hydrogen-bond acceptors (Lipinski definition) is 4. The molecular weight excluding hydrogens is 247 g/mol. The molecule has 1 fully saturated rings. The fraction of sp³-hybridized carbons (Fsp3) is 0.833. The van der Waals surface area contributed by atoms with E-state index in [1.165, 1.54) is 9.80 Å². The fourth-order valence-electron chi connectivity index (χ4n) is 1.89. The number of carbonyl (C=O) groups is 2. The quantitative estimate of drug-likeness (QED) is 0.671. The van der Waals surface area contributed by atoms with E-state index >= 15 is 0 Å². The van der Waals surface area contributed by atoms with Crippen molar-refractivity contribution in [3.8, 4) is 0 Å². The van der Waals surface area contributed by atoms with Gasteiger partial charge in [0.25, 0.3) is 11.8 Å². The van der Waals surface area contributed by atoms with E-state index in [4.69, 9.17) is 9.31 Å². The molecule has 19 heavy (non-hydrogen) atoms. The lowest BCUT2D eigenvalue weighted by atomic mass is 9.83. The Morgan fingerprint density at radius 3 is 1.74 bits per heavy atom. The summed E-state index contributed by atoms with van der Waals surface area (Å²) in [6.07, 6.45) is 0.974. The first kappa shape index (κ1) is 16.0. The molecule has 1 rings (SSSR count). The maximum absolute atomic E-state index is 12.1. The van der Waals surface area contributed by atoms with Crippen molar-refractivity contribution >= 4 is 18.9 Å². The molecule has 6 nitrogen and oxygen atoms in total. The molecule has 1 aliphatic rings. The van der Waals surface area contributed by atoms with Gasteiger partial charge in [0, 0.05) is 28.2 Å². The minimum absolute atomic E-state index is 0.237. The molecule has 0 aromatic rings. The number of carbonyl (C=O) groups excluding carboxylic acids is 2. The van der Waals surface area contributed by atoms with Crippen molar-refractivity contribution < 1.29 is 18.9 Å². The summed E-state index contributed by atoms with van der Waals surface area (Å²) in [5.74, 6) is -0.474. The molecule has 2 atom stereocenters. The number of hydrogen-bond donors (Lipinski definition) is 0. The van der Waals surface area contributed by atoms with Gasteiger partial charge in [0.2, 0.25) is 0 Å². The second-order valence-electron chi connectivity index (χ2n) is 5.15. The van der Waals surface area contributed by atoms with E-state index in [0.717, 1.165) is 12.8 Å². The first-order valence-corrected chi connectivity index (χ1v) is 6.61. The molecule has 0 aromatic carbocycles. The summed E-state index contributed by atoms with van der Waals surface area (Å²) in [6, 6.07) is 0. The van der Waals surface area contributed by atoms with Crippen molar-refractivity contribution in [1.29, 1.82) is 0 Å². The van der Waals surface area contributed by atoms with Gasteiger partial charge < -0.3 is 19.1 Å². The van der Waals surface area contributed by atoms with Crippen LogP contribution in [0.15, 0.2) is 0 Å². The number of nitrogens with zero attached hydrogens (tertiary/aromatic N) is 2. The maximum atomic E-state index is 12.1. The topological polar surface area (TPSA) is 59.1 Å². The lowest BCUT2D eigenvalue weighted by Gasteiger charge is -2.22. The Balaban J connectivity index is 2.78. The van der Waals surface area contributed by atoms with E-state index in [1.54, 1.807) is 28.2 Å². The van der Waals surface area contributed by atoms with Crippen LogP contribution in [-0.4, -0.2) is 69.1 Å². The molecule has 0 aromatic heterocycles. The summed E-state index contributed by atoms with van der Waals surface area (Å²) in [4.78, 5) is 26.9. The van der Waals surface area contributed by atoms with Crippen molar-refractivity contribution in [2.45, 2.75) is 38.3 Å². The standard InChI is InChI=1S/C12H23BN2O4/c1-6-7-8-13-18-9(11(16)14(2)3)10(19-13)12(17)15(4)5/h9-10H,6-8H2,1-5H3/t9-,10-/m1/s1. The van der Waals surface area contributed by atoms with Crippen LogP contribution in [0.5, 0.6) is 0 Å². The second-order valence-corrected chi connectivity index (χ2v) is 5.15. The SMILES string of the molecule is CCCCB1O[C@@H](C(=O)N(C)C)[C@H](C(=O)N(C)C)O1. The molecule has 0 N–H and O–H groups in total. The van der Waals surface area contributed by atoms with Gasteiger partial charge in [-0.3, -0.25) is 9.59 Å². The van der Waals surface area contributed by atoms with Crippen molar-refractivity contribution in [3.05, 3.63) is 0 Å². The summed E-state index contributed by atoms with van der Waals surface area (Å²) in [6.45, 7) is 2.07. The van der Waals surface area contributed by atoms with Gasteiger partial charge in [0.05, 0.1) is 0 Å². The van der Waals surface area contributed by atoms with Crippen LogP contribution in [0.25, 0.3) is 0 Å². The van der Waals surface area contributed by atoms with E-state index in [1.807, 2.05) is 0 Å². The number of likely N-dealkylation sites (N-methyl/N-ethyl adjacent to an activating group) is 2. The van der Waals surface area contributed by atoms with Gasteiger partial charge in [-0.2, -0.15) is 0 Å². The molecule has 0 bridgehead atoms. The number of amides is 2. The Morgan fingerprint density at radius 2 is 1.42 bits per heavy atom. The Hall–Kier alpha value is -1.08. The Morgan fingerprint density at radius 1 is 1.00 bits per heavy atom. The molecule has 7 heteroatoms. The van der Waals surface area contributed by atoms with Gasteiger partial charge in [0.15, 0.2) is 12.2 Å². The lowest BCUT2D eigenvalue weighted by Crippen LogP contribution is -2.47. The van der Waals surface area contributed by atoms with Crippen molar-refractivity contribution in [2.75, 3.05) is 28.2 Å². The zero-order valence-corrected chi connectivity index (χ0v) is 12.4. The molecule has 1 heterocycles. The van der Waals surface area contributed by atoms with Crippen LogP contribution in [0.1, 0.15) is 19.8 Å².